The Labute approximate surface area is 120 Å². The van der Waals surface area contributed by atoms with E-state index in [4.69, 9.17) is 0 Å². The fourth-order valence-electron chi connectivity index (χ4n) is 4.10. The molecule has 2 aliphatic carbocycles. The average molecular weight is 265 g/mol. The number of hydrogen-bond donors (Lipinski definition) is 1. The van der Waals surface area contributed by atoms with Crippen molar-refractivity contribution in [3.63, 3.8) is 0 Å². The van der Waals surface area contributed by atoms with E-state index in [9.17, 15) is 0 Å². The lowest BCUT2D eigenvalue weighted by Crippen LogP contribution is -2.31. The lowest BCUT2D eigenvalue weighted by Gasteiger charge is -2.27. The van der Waals surface area contributed by atoms with Gasteiger partial charge in [-0.15, -0.1) is 0 Å². The Morgan fingerprint density at radius 3 is 2.32 bits per heavy atom. The molecule has 2 rings (SSSR count). The van der Waals surface area contributed by atoms with Gasteiger partial charge in [0.15, 0.2) is 0 Å². The first-order valence-corrected chi connectivity index (χ1v) is 9.01. The van der Waals surface area contributed by atoms with E-state index in [0.717, 1.165) is 23.8 Å². The third kappa shape index (κ3) is 5.45. The van der Waals surface area contributed by atoms with Gasteiger partial charge in [-0.1, -0.05) is 58.8 Å². The van der Waals surface area contributed by atoms with Crippen LogP contribution in [0.2, 0.25) is 0 Å². The third-order valence-electron chi connectivity index (χ3n) is 5.79. The van der Waals surface area contributed by atoms with E-state index >= 15 is 0 Å². The molecule has 0 amide bonds. The van der Waals surface area contributed by atoms with Gasteiger partial charge in [-0.2, -0.15) is 0 Å². The van der Waals surface area contributed by atoms with Crippen LogP contribution in [-0.4, -0.2) is 12.6 Å². The van der Waals surface area contributed by atoms with Crippen LogP contribution in [0.5, 0.6) is 0 Å². The zero-order valence-corrected chi connectivity index (χ0v) is 13.3. The van der Waals surface area contributed by atoms with E-state index < -0.39 is 0 Å². The van der Waals surface area contributed by atoms with Gasteiger partial charge in [0.05, 0.1) is 0 Å². The molecule has 112 valence electrons. The zero-order valence-electron chi connectivity index (χ0n) is 13.3. The predicted molar refractivity (Wildman–Crippen MR) is 84.4 cm³/mol. The summed E-state index contributed by atoms with van der Waals surface area (Å²) in [6.45, 7) is 6.06. The second-order valence-corrected chi connectivity index (χ2v) is 7.35. The van der Waals surface area contributed by atoms with Crippen LogP contribution in [-0.2, 0) is 0 Å². The van der Waals surface area contributed by atoms with Crippen LogP contribution < -0.4 is 5.32 Å². The Morgan fingerprint density at radius 1 is 0.842 bits per heavy atom. The zero-order chi connectivity index (χ0) is 13.5. The molecule has 2 atom stereocenters. The van der Waals surface area contributed by atoms with Crippen molar-refractivity contribution in [2.24, 2.45) is 17.8 Å². The highest BCUT2D eigenvalue weighted by molar-refractivity contribution is 4.76. The molecule has 0 aromatic rings. The largest absolute Gasteiger partial charge is 0.314 e. The molecule has 0 aromatic carbocycles. The van der Waals surface area contributed by atoms with Gasteiger partial charge in [0, 0.05) is 6.04 Å². The normalized spacial score (nSPS) is 36.9. The molecule has 1 N–H and O–H groups in total. The molecular formula is C18H35N. The summed E-state index contributed by atoms with van der Waals surface area (Å²) >= 11 is 0. The van der Waals surface area contributed by atoms with Crippen LogP contribution in [0.3, 0.4) is 0 Å². The third-order valence-corrected chi connectivity index (χ3v) is 5.79. The van der Waals surface area contributed by atoms with Crippen LogP contribution in [0.25, 0.3) is 0 Å². The van der Waals surface area contributed by atoms with Gasteiger partial charge in [0.1, 0.15) is 0 Å². The number of rotatable bonds is 5. The highest BCUT2D eigenvalue weighted by atomic mass is 14.9. The van der Waals surface area contributed by atoms with E-state index in [-0.39, 0.29) is 0 Å². The Hall–Kier alpha value is -0.0400. The van der Waals surface area contributed by atoms with Gasteiger partial charge < -0.3 is 5.32 Å². The van der Waals surface area contributed by atoms with Crippen LogP contribution in [0.1, 0.15) is 84.5 Å². The fourth-order valence-corrected chi connectivity index (χ4v) is 4.10. The summed E-state index contributed by atoms with van der Waals surface area (Å²) in [7, 11) is 0. The molecule has 0 aromatic heterocycles. The summed E-state index contributed by atoms with van der Waals surface area (Å²) in [5.41, 5.74) is 0. The monoisotopic (exact) mass is 265 g/mol. The van der Waals surface area contributed by atoms with Gasteiger partial charge >= 0.3 is 0 Å². The standard InChI is InChI=1S/C18H35N/c1-3-16-5-4-6-18(12-11-16)19-14-13-17-9-7-15(2)8-10-17/h15-19H,3-14H2,1-2H3. The van der Waals surface area contributed by atoms with Gasteiger partial charge in [-0.3, -0.25) is 0 Å². The van der Waals surface area contributed by atoms with E-state index in [2.05, 4.69) is 19.2 Å². The first-order valence-electron chi connectivity index (χ1n) is 9.01. The second-order valence-electron chi connectivity index (χ2n) is 7.35. The van der Waals surface area contributed by atoms with Crippen LogP contribution >= 0.6 is 0 Å². The maximum absolute atomic E-state index is 3.86. The second kappa shape index (κ2) is 8.29. The first kappa shape index (κ1) is 15.4. The minimum Gasteiger partial charge on any atom is -0.314 e. The molecule has 0 heterocycles. The van der Waals surface area contributed by atoms with Gasteiger partial charge in [0.25, 0.3) is 0 Å². The molecule has 2 fully saturated rings. The summed E-state index contributed by atoms with van der Waals surface area (Å²) in [5, 5.41) is 3.86. The molecule has 0 radical (unpaired) electrons. The van der Waals surface area contributed by atoms with Crippen molar-refractivity contribution in [1.82, 2.24) is 5.32 Å². The van der Waals surface area contributed by atoms with E-state index in [1.807, 2.05) is 0 Å². The summed E-state index contributed by atoms with van der Waals surface area (Å²) < 4.78 is 0. The summed E-state index contributed by atoms with van der Waals surface area (Å²) in [6.07, 6.45) is 16.0. The Morgan fingerprint density at radius 2 is 1.58 bits per heavy atom. The molecule has 1 heteroatoms. The van der Waals surface area contributed by atoms with Crippen molar-refractivity contribution in [1.29, 1.82) is 0 Å². The van der Waals surface area contributed by atoms with Crippen molar-refractivity contribution >= 4 is 0 Å². The van der Waals surface area contributed by atoms with Gasteiger partial charge in [-0.05, 0) is 50.0 Å². The van der Waals surface area contributed by atoms with E-state index in [1.54, 1.807) is 0 Å². The topological polar surface area (TPSA) is 12.0 Å². The lowest BCUT2D eigenvalue weighted by molar-refractivity contribution is 0.270. The molecule has 19 heavy (non-hydrogen) atoms. The Bertz CT molecular complexity index is 230. The molecule has 0 spiro atoms. The first-order chi connectivity index (χ1) is 9.28. The van der Waals surface area contributed by atoms with Crippen LogP contribution in [0.15, 0.2) is 0 Å². The highest BCUT2D eigenvalue weighted by Gasteiger charge is 2.20. The molecule has 0 aliphatic heterocycles. The van der Waals surface area contributed by atoms with Crippen molar-refractivity contribution in [3.05, 3.63) is 0 Å². The van der Waals surface area contributed by atoms with E-state index in [1.165, 1.54) is 77.2 Å². The van der Waals surface area contributed by atoms with Crippen LogP contribution in [0, 0.1) is 17.8 Å². The van der Waals surface area contributed by atoms with Crippen molar-refractivity contribution in [3.8, 4) is 0 Å². The van der Waals surface area contributed by atoms with Crippen LogP contribution in [0.4, 0.5) is 0 Å². The van der Waals surface area contributed by atoms with E-state index in [0.29, 0.717) is 0 Å². The van der Waals surface area contributed by atoms with Crippen molar-refractivity contribution in [2.45, 2.75) is 90.5 Å². The quantitative estimate of drug-likeness (QED) is 0.678. The smallest absolute Gasteiger partial charge is 0.00671 e. The SMILES string of the molecule is CCC1CCCC(NCCC2CCC(C)CC2)CC1. The van der Waals surface area contributed by atoms with Crippen molar-refractivity contribution in [2.75, 3.05) is 6.54 Å². The molecule has 1 nitrogen and oxygen atoms in total. The minimum absolute atomic E-state index is 0.832. The highest BCUT2D eigenvalue weighted by Crippen LogP contribution is 2.30. The van der Waals surface area contributed by atoms with Gasteiger partial charge in [-0.25, -0.2) is 0 Å². The molecule has 0 saturated heterocycles. The Balaban J connectivity index is 1.57. The maximum atomic E-state index is 3.86. The minimum atomic E-state index is 0.832. The average Bonchev–Trinajstić information content (AvgIpc) is 2.66. The summed E-state index contributed by atoms with van der Waals surface area (Å²) in [4.78, 5) is 0. The molecule has 2 unspecified atom stereocenters. The maximum Gasteiger partial charge on any atom is 0.00671 e. The molecule has 0 bridgehead atoms. The summed E-state index contributed by atoms with van der Waals surface area (Å²) in [5.74, 6) is 3.04. The number of hydrogen-bond acceptors (Lipinski definition) is 1. The molecule has 2 aliphatic rings. The fraction of sp³-hybridized carbons (Fsp3) is 1.00. The Kier molecular flexibility index (Phi) is 6.70. The van der Waals surface area contributed by atoms with Crippen molar-refractivity contribution < 1.29 is 0 Å². The summed E-state index contributed by atoms with van der Waals surface area (Å²) in [6, 6.07) is 0.832. The molecular weight excluding hydrogens is 230 g/mol. The van der Waals surface area contributed by atoms with Gasteiger partial charge in [0.2, 0.25) is 0 Å². The lowest BCUT2D eigenvalue weighted by atomic mass is 9.81. The predicted octanol–water partition coefficient (Wildman–Crippen LogP) is 5.15. The number of nitrogens with one attached hydrogen (secondary N) is 1. The molecule has 2 saturated carbocycles.